The molecule has 0 atom stereocenters. The molecule has 0 aromatic heterocycles. The number of rotatable bonds is 5. The molecule has 1 aromatic rings. The number of ether oxygens (including phenoxy) is 1. The molecule has 1 saturated heterocycles. The third-order valence-corrected chi connectivity index (χ3v) is 3.51. The van der Waals surface area contributed by atoms with Crippen molar-refractivity contribution in [3.8, 4) is 5.75 Å². The summed E-state index contributed by atoms with van der Waals surface area (Å²) in [7, 11) is 1.63. The minimum Gasteiger partial charge on any atom is -0.497 e. The van der Waals surface area contributed by atoms with Gasteiger partial charge in [0, 0.05) is 30.9 Å². The number of methoxy groups -OCH3 is 1. The number of hydrogen-bond donors (Lipinski definition) is 1. The first-order chi connectivity index (χ1) is 9.40. The van der Waals surface area contributed by atoms with Crippen LogP contribution in [0.15, 0.2) is 24.3 Å². The predicted octanol–water partition coefficient (Wildman–Crippen LogP) is 2.06. The van der Waals surface area contributed by atoms with Gasteiger partial charge in [0.05, 0.1) is 7.11 Å². The molecular weight excluding hydrogens is 254 g/mol. The van der Waals surface area contributed by atoms with Crippen LogP contribution in [-0.2, 0) is 0 Å². The van der Waals surface area contributed by atoms with Crippen LogP contribution in [0.25, 0.3) is 0 Å². The third kappa shape index (κ3) is 3.42. The average Bonchev–Trinajstić information content (AvgIpc) is 2.77. The van der Waals surface area contributed by atoms with E-state index in [0.717, 1.165) is 30.9 Å². The highest BCUT2D eigenvalue weighted by molar-refractivity contribution is 5.94. The van der Waals surface area contributed by atoms with Gasteiger partial charge in [-0.3, -0.25) is 4.90 Å². The number of amides is 2. The van der Waals surface area contributed by atoms with Gasteiger partial charge >= 0.3 is 6.03 Å². The molecular formula is C15H23N3O2. The Bertz CT molecular complexity index is 465. The Balaban J connectivity index is 1.99. The van der Waals surface area contributed by atoms with E-state index in [2.05, 4.69) is 0 Å². The fourth-order valence-corrected chi connectivity index (χ4v) is 2.21. The summed E-state index contributed by atoms with van der Waals surface area (Å²) in [6.07, 6.45) is 0.801. The lowest BCUT2D eigenvalue weighted by Gasteiger charge is -2.23. The van der Waals surface area contributed by atoms with Crippen LogP contribution in [-0.4, -0.2) is 43.2 Å². The van der Waals surface area contributed by atoms with E-state index in [-0.39, 0.29) is 11.6 Å². The fourth-order valence-electron chi connectivity index (χ4n) is 2.21. The smallest absolute Gasteiger partial charge is 0.324 e. The zero-order chi connectivity index (χ0) is 14.8. The SMILES string of the molecule is COc1ccc(N2CCN(CCC(C)(C)N)C2=O)cc1. The number of nitrogens with zero attached hydrogens (tertiary/aromatic N) is 2. The number of urea groups is 1. The highest BCUT2D eigenvalue weighted by Crippen LogP contribution is 2.23. The molecule has 1 heterocycles. The molecule has 1 fully saturated rings. The summed E-state index contributed by atoms with van der Waals surface area (Å²) < 4.78 is 5.13. The predicted molar refractivity (Wildman–Crippen MR) is 80.2 cm³/mol. The number of carbonyl (C=O) groups excluding carboxylic acids is 1. The second-order valence-corrected chi connectivity index (χ2v) is 5.86. The quantitative estimate of drug-likeness (QED) is 0.896. The van der Waals surface area contributed by atoms with Crippen LogP contribution < -0.4 is 15.4 Å². The first-order valence-corrected chi connectivity index (χ1v) is 6.90. The van der Waals surface area contributed by atoms with Crippen molar-refractivity contribution in [3.63, 3.8) is 0 Å². The monoisotopic (exact) mass is 277 g/mol. The summed E-state index contributed by atoms with van der Waals surface area (Å²) in [6.45, 7) is 6.13. The molecule has 1 aromatic carbocycles. The van der Waals surface area contributed by atoms with Gasteiger partial charge in [0.2, 0.25) is 0 Å². The summed E-state index contributed by atoms with van der Waals surface area (Å²) in [4.78, 5) is 16.0. The van der Waals surface area contributed by atoms with Crippen LogP contribution in [0.4, 0.5) is 10.5 Å². The Hall–Kier alpha value is -1.75. The zero-order valence-corrected chi connectivity index (χ0v) is 12.4. The molecule has 0 spiro atoms. The number of hydrogen-bond acceptors (Lipinski definition) is 3. The van der Waals surface area contributed by atoms with Crippen LogP contribution in [0.5, 0.6) is 5.75 Å². The number of nitrogens with two attached hydrogens (primary N) is 1. The largest absolute Gasteiger partial charge is 0.497 e. The lowest BCUT2D eigenvalue weighted by atomic mass is 10.0. The van der Waals surface area contributed by atoms with E-state index >= 15 is 0 Å². The van der Waals surface area contributed by atoms with Gasteiger partial charge in [-0.2, -0.15) is 0 Å². The highest BCUT2D eigenvalue weighted by atomic mass is 16.5. The van der Waals surface area contributed by atoms with E-state index in [1.807, 2.05) is 43.0 Å². The van der Waals surface area contributed by atoms with E-state index < -0.39 is 0 Å². The summed E-state index contributed by atoms with van der Waals surface area (Å²) in [6, 6.07) is 7.61. The van der Waals surface area contributed by atoms with Gasteiger partial charge < -0.3 is 15.4 Å². The number of benzene rings is 1. The van der Waals surface area contributed by atoms with E-state index in [1.54, 1.807) is 12.0 Å². The molecule has 5 nitrogen and oxygen atoms in total. The number of anilines is 1. The van der Waals surface area contributed by atoms with Crippen LogP contribution >= 0.6 is 0 Å². The lowest BCUT2D eigenvalue weighted by Crippen LogP contribution is -2.39. The van der Waals surface area contributed by atoms with E-state index in [9.17, 15) is 4.79 Å². The minimum atomic E-state index is -0.242. The Morgan fingerprint density at radius 3 is 2.45 bits per heavy atom. The molecule has 2 rings (SSSR count). The summed E-state index contributed by atoms with van der Waals surface area (Å²) >= 11 is 0. The van der Waals surface area contributed by atoms with Crippen molar-refractivity contribution >= 4 is 11.7 Å². The van der Waals surface area contributed by atoms with Crippen molar-refractivity contribution in [3.05, 3.63) is 24.3 Å². The molecule has 0 saturated carbocycles. The molecule has 2 N–H and O–H groups in total. The molecule has 110 valence electrons. The molecule has 0 radical (unpaired) electrons. The molecule has 5 heteroatoms. The number of carbonyl (C=O) groups is 1. The van der Waals surface area contributed by atoms with E-state index in [0.29, 0.717) is 6.54 Å². The highest BCUT2D eigenvalue weighted by Gasteiger charge is 2.30. The Kier molecular flexibility index (Phi) is 4.18. The maximum atomic E-state index is 12.4. The molecule has 2 amide bonds. The van der Waals surface area contributed by atoms with Crippen molar-refractivity contribution in [1.29, 1.82) is 0 Å². The summed E-state index contributed by atoms with van der Waals surface area (Å²) in [5.41, 5.74) is 6.64. The van der Waals surface area contributed by atoms with Crippen molar-refractivity contribution < 1.29 is 9.53 Å². The van der Waals surface area contributed by atoms with Crippen LogP contribution in [0, 0.1) is 0 Å². The van der Waals surface area contributed by atoms with E-state index in [1.165, 1.54) is 0 Å². The maximum absolute atomic E-state index is 12.4. The Labute approximate surface area is 120 Å². The molecule has 0 unspecified atom stereocenters. The van der Waals surface area contributed by atoms with Crippen molar-refractivity contribution in [1.82, 2.24) is 4.90 Å². The van der Waals surface area contributed by atoms with Gasteiger partial charge in [-0.25, -0.2) is 4.79 Å². The maximum Gasteiger partial charge on any atom is 0.324 e. The van der Waals surface area contributed by atoms with Gasteiger partial charge in [0.15, 0.2) is 0 Å². The molecule has 1 aliphatic heterocycles. The molecule has 20 heavy (non-hydrogen) atoms. The molecule has 0 aliphatic carbocycles. The van der Waals surface area contributed by atoms with Gasteiger partial charge in [0.25, 0.3) is 0 Å². The second-order valence-electron chi connectivity index (χ2n) is 5.86. The van der Waals surface area contributed by atoms with Crippen molar-refractivity contribution in [2.75, 3.05) is 31.6 Å². The van der Waals surface area contributed by atoms with Crippen molar-refractivity contribution in [2.24, 2.45) is 5.73 Å². The summed E-state index contributed by atoms with van der Waals surface area (Å²) in [5.74, 6) is 0.794. The van der Waals surface area contributed by atoms with Gasteiger partial charge in [-0.1, -0.05) is 0 Å². The second kappa shape index (κ2) is 5.71. The molecule has 1 aliphatic rings. The Morgan fingerprint density at radius 1 is 1.25 bits per heavy atom. The van der Waals surface area contributed by atoms with Crippen LogP contribution in [0.2, 0.25) is 0 Å². The topological polar surface area (TPSA) is 58.8 Å². The van der Waals surface area contributed by atoms with E-state index in [4.69, 9.17) is 10.5 Å². The van der Waals surface area contributed by atoms with Gasteiger partial charge in [0.1, 0.15) is 5.75 Å². The first kappa shape index (κ1) is 14.7. The van der Waals surface area contributed by atoms with Gasteiger partial charge in [-0.05, 0) is 44.5 Å². The first-order valence-electron chi connectivity index (χ1n) is 6.90. The molecule has 0 bridgehead atoms. The van der Waals surface area contributed by atoms with Crippen LogP contribution in [0.3, 0.4) is 0 Å². The van der Waals surface area contributed by atoms with Gasteiger partial charge in [-0.15, -0.1) is 0 Å². The summed E-state index contributed by atoms with van der Waals surface area (Å²) in [5, 5.41) is 0. The Morgan fingerprint density at radius 2 is 1.90 bits per heavy atom. The van der Waals surface area contributed by atoms with Crippen molar-refractivity contribution in [2.45, 2.75) is 25.8 Å². The fraction of sp³-hybridized carbons (Fsp3) is 0.533. The zero-order valence-electron chi connectivity index (χ0n) is 12.4. The normalized spacial score (nSPS) is 15.9. The minimum absolute atomic E-state index is 0.0550. The van der Waals surface area contributed by atoms with Crippen LogP contribution in [0.1, 0.15) is 20.3 Å². The standard InChI is InChI=1S/C15H23N3O2/c1-15(2,16)8-9-17-10-11-18(14(17)19)12-4-6-13(20-3)7-5-12/h4-7H,8-11,16H2,1-3H3. The lowest BCUT2D eigenvalue weighted by molar-refractivity contribution is 0.216. The average molecular weight is 277 g/mol. The third-order valence-electron chi connectivity index (χ3n) is 3.51.